The maximum absolute atomic E-state index is 12.1. The average Bonchev–Trinajstić information content (AvgIpc) is 3.14. The molecule has 0 bridgehead atoms. The number of hydrogen-bond donors (Lipinski definition) is 2. The van der Waals surface area contributed by atoms with Gasteiger partial charge in [-0.2, -0.15) is 0 Å². The molecule has 8 heteroatoms. The summed E-state index contributed by atoms with van der Waals surface area (Å²) in [4.78, 5) is 16.1. The smallest absolute Gasteiger partial charge is 0.257 e. The van der Waals surface area contributed by atoms with E-state index in [9.17, 15) is 13.2 Å². The summed E-state index contributed by atoms with van der Waals surface area (Å²) >= 11 is 1.32. The Hall–Kier alpha value is -2.97. The van der Waals surface area contributed by atoms with Gasteiger partial charge in [-0.05, 0) is 35.9 Å². The number of anilines is 2. The molecule has 0 saturated heterocycles. The van der Waals surface area contributed by atoms with Gasteiger partial charge >= 0.3 is 0 Å². The highest BCUT2D eigenvalue weighted by molar-refractivity contribution is 7.95. The molecule has 0 fully saturated rings. The maximum Gasteiger partial charge on any atom is 0.257 e. The molecule has 0 saturated carbocycles. The molecule has 26 heavy (non-hydrogen) atoms. The van der Waals surface area contributed by atoms with E-state index < -0.39 is 10.0 Å². The fraction of sp³-hybridized carbons (Fsp3) is 0. The Labute approximate surface area is 155 Å². The predicted octanol–water partition coefficient (Wildman–Crippen LogP) is 3.81. The van der Waals surface area contributed by atoms with Gasteiger partial charge in [0, 0.05) is 22.8 Å². The second kappa shape index (κ2) is 7.94. The first-order chi connectivity index (χ1) is 12.5. The van der Waals surface area contributed by atoms with Gasteiger partial charge in [-0.3, -0.25) is 14.8 Å². The lowest BCUT2D eigenvalue weighted by molar-refractivity contribution is 0.102. The number of aromatic nitrogens is 1. The number of thiazole rings is 1. The van der Waals surface area contributed by atoms with Crippen molar-refractivity contribution in [3.63, 3.8) is 0 Å². The van der Waals surface area contributed by atoms with E-state index in [0.29, 0.717) is 16.4 Å². The van der Waals surface area contributed by atoms with Crippen molar-refractivity contribution in [2.75, 3.05) is 10.0 Å². The van der Waals surface area contributed by atoms with Crippen LogP contribution >= 0.6 is 11.3 Å². The lowest BCUT2D eigenvalue weighted by atomic mass is 10.2. The van der Waals surface area contributed by atoms with Gasteiger partial charge in [0.15, 0.2) is 5.13 Å². The van der Waals surface area contributed by atoms with Crippen LogP contribution in [-0.4, -0.2) is 19.3 Å². The molecule has 6 nitrogen and oxygen atoms in total. The molecule has 0 atom stereocenters. The zero-order valence-corrected chi connectivity index (χ0v) is 15.1. The maximum atomic E-state index is 12.1. The molecule has 3 rings (SSSR count). The minimum atomic E-state index is -3.65. The molecular weight excluding hydrogens is 370 g/mol. The molecule has 3 aromatic rings. The number of rotatable bonds is 6. The Kier molecular flexibility index (Phi) is 5.45. The second-order valence-electron chi connectivity index (χ2n) is 5.23. The van der Waals surface area contributed by atoms with E-state index in [4.69, 9.17) is 0 Å². The largest absolute Gasteiger partial charge is 0.298 e. The van der Waals surface area contributed by atoms with Gasteiger partial charge in [0.2, 0.25) is 0 Å². The average molecular weight is 385 g/mol. The van der Waals surface area contributed by atoms with Crippen LogP contribution in [0.15, 0.2) is 71.6 Å². The normalized spacial score (nSPS) is 11.4. The molecule has 1 amide bonds. The summed E-state index contributed by atoms with van der Waals surface area (Å²) in [6, 6.07) is 15.3. The molecule has 132 valence electrons. The molecular formula is C18H15N3O3S2. The molecule has 0 radical (unpaired) electrons. The Morgan fingerprint density at radius 3 is 2.42 bits per heavy atom. The first kappa shape index (κ1) is 17.8. The first-order valence-corrected chi connectivity index (χ1v) is 10.0. The van der Waals surface area contributed by atoms with Crippen LogP contribution in [0.4, 0.5) is 10.8 Å². The molecule has 0 aliphatic rings. The topological polar surface area (TPSA) is 88.2 Å². The summed E-state index contributed by atoms with van der Waals surface area (Å²) in [6.45, 7) is 0. The van der Waals surface area contributed by atoms with Crippen LogP contribution in [0, 0.1) is 0 Å². The summed E-state index contributed by atoms with van der Waals surface area (Å²) < 4.78 is 26.7. The van der Waals surface area contributed by atoms with E-state index in [0.717, 1.165) is 11.0 Å². The van der Waals surface area contributed by atoms with Crippen LogP contribution in [-0.2, 0) is 10.0 Å². The molecule has 0 spiro atoms. The van der Waals surface area contributed by atoms with E-state index >= 15 is 0 Å². The van der Waals surface area contributed by atoms with Gasteiger partial charge in [0.1, 0.15) is 0 Å². The zero-order chi connectivity index (χ0) is 18.4. The van der Waals surface area contributed by atoms with E-state index in [1.165, 1.54) is 29.5 Å². The highest BCUT2D eigenvalue weighted by Crippen LogP contribution is 2.16. The first-order valence-electron chi connectivity index (χ1n) is 7.59. The number of benzene rings is 2. The minimum absolute atomic E-state index is 0.307. The van der Waals surface area contributed by atoms with Crippen molar-refractivity contribution < 1.29 is 13.2 Å². The number of nitrogens with one attached hydrogen (secondary N) is 2. The van der Waals surface area contributed by atoms with Crippen molar-refractivity contribution in [3.05, 3.63) is 82.7 Å². The van der Waals surface area contributed by atoms with E-state index in [-0.39, 0.29) is 5.91 Å². The SMILES string of the molecule is O=C(Nc1nccs1)c1ccc(NS(=O)(=O)/C=C/c2ccccc2)cc1. The second-order valence-corrected chi connectivity index (χ2v) is 7.69. The Morgan fingerprint density at radius 1 is 1.04 bits per heavy atom. The molecule has 0 aliphatic heterocycles. The van der Waals surface area contributed by atoms with Gasteiger partial charge in [-0.25, -0.2) is 13.4 Å². The Bertz CT molecular complexity index is 998. The van der Waals surface area contributed by atoms with Gasteiger partial charge < -0.3 is 0 Å². The monoisotopic (exact) mass is 385 g/mol. The predicted molar refractivity (Wildman–Crippen MR) is 105 cm³/mol. The number of carbonyl (C=O) groups excluding carboxylic acids is 1. The van der Waals surface area contributed by atoms with Crippen molar-refractivity contribution >= 4 is 44.2 Å². The number of hydrogen-bond acceptors (Lipinski definition) is 5. The third-order valence-electron chi connectivity index (χ3n) is 3.30. The Morgan fingerprint density at radius 2 is 1.77 bits per heavy atom. The van der Waals surface area contributed by atoms with Crippen LogP contribution in [0.3, 0.4) is 0 Å². The highest BCUT2D eigenvalue weighted by Gasteiger charge is 2.09. The van der Waals surface area contributed by atoms with E-state index in [1.807, 2.05) is 30.3 Å². The van der Waals surface area contributed by atoms with Crippen molar-refractivity contribution in [1.29, 1.82) is 0 Å². The van der Waals surface area contributed by atoms with Crippen LogP contribution < -0.4 is 10.0 Å². The molecule has 2 N–H and O–H groups in total. The van der Waals surface area contributed by atoms with Crippen LogP contribution in [0.1, 0.15) is 15.9 Å². The van der Waals surface area contributed by atoms with E-state index in [1.54, 1.807) is 23.7 Å². The molecule has 1 aromatic heterocycles. The quantitative estimate of drug-likeness (QED) is 0.675. The number of amides is 1. The number of nitrogens with zero attached hydrogens (tertiary/aromatic N) is 1. The molecule has 1 heterocycles. The van der Waals surface area contributed by atoms with Gasteiger partial charge in [0.05, 0.1) is 5.41 Å². The summed E-state index contributed by atoms with van der Waals surface area (Å²) in [7, 11) is -3.65. The van der Waals surface area contributed by atoms with Gasteiger partial charge in [-0.15, -0.1) is 11.3 Å². The van der Waals surface area contributed by atoms with Crippen molar-refractivity contribution in [2.24, 2.45) is 0 Å². The van der Waals surface area contributed by atoms with Crippen LogP contribution in [0.25, 0.3) is 6.08 Å². The number of sulfonamides is 1. The fourth-order valence-electron chi connectivity index (χ4n) is 2.07. The lowest BCUT2D eigenvalue weighted by Crippen LogP contribution is -2.12. The van der Waals surface area contributed by atoms with Crippen molar-refractivity contribution in [3.8, 4) is 0 Å². The van der Waals surface area contributed by atoms with Gasteiger partial charge in [0.25, 0.3) is 15.9 Å². The summed E-state index contributed by atoms with van der Waals surface area (Å²) in [5.41, 5.74) is 1.56. The van der Waals surface area contributed by atoms with Crippen LogP contribution in [0.5, 0.6) is 0 Å². The van der Waals surface area contributed by atoms with Gasteiger partial charge in [-0.1, -0.05) is 30.3 Å². The van der Waals surface area contributed by atoms with Crippen LogP contribution in [0.2, 0.25) is 0 Å². The summed E-state index contributed by atoms with van der Waals surface area (Å²) in [5.74, 6) is -0.307. The summed E-state index contributed by atoms with van der Waals surface area (Å²) in [6.07, 6.45) is 3.11. The Balaban J connectivity index is 1.65. The number of carbonyl (C=O) groups is 1. The fourth-order valence-corrected chi connectivity index (χ4v) is 3.47. The highest BCUT2D eigenvalue weighted by atomic mass is 32.2. The third-order valence-corrected chi connectivity index (χ3v) is 5.00. The molecule has 0 aliphatic carbocycles. The molecule has 0 unspecified atom stereocenters. The van der Waals surface area contributed by atoms with Crippen molar-refractivity contribution in [2.45, 2.75) is 0 Å². The van der Waals surface area contributed by atoms with E-state index in [2.05, 4.69) is 15.0 Å². The lowest BCUT2D eigenvalue weighted by Gasteiger charge is -2.06. The zero-order valence-electron chi connectivity index (χ0n) is 13.5. The third kappa shape index (κ3) is 5.01. The van der Waals surface area contributed by atoms with Crippen molar-refractivity contribution in [1.82, 2.24) is 4.98 Å². The summed E-state index contributed by atoms with van der Waals surface area (Å²) in [5, 5.41) is 6.03. The molecule has 2 aromatic carbocycles. The minimum Gasteiger partial charge on any atom is -0.298 e. The standard InChI is InChI=1S/C18H15N3O3S2/c22-17(20-18-19-11-12-25-18)15-6-8-16(9-7-15)21-26(23,24)13-10-14-4-2-1-3-5-14/h1-13,21H,(H,19,20,22)/b13-10+.